The molecule has 0 amide bonds. The van der Waals surface area contributed by atoms with Gasteiger partial charge in [-0.05, 0) is 53.2 Å². The molecule has 2 aromatic rings. The van der Waals surface area contributed by atoms with E-state index in [9.17, 15) is 4.79 Å². The van der Waals surface area contributed by atoms with Crippen LogP contribution in [0.2, 0.25) is 5.02 Å². The lowest BCUT2D eigenvalue weighted by Gasteiger charge is -2.06. The first-order valence-electron chi connectivity index (χ1n) is 5.84. The Morgan fingerprint density at radius 1 is 1.21 bits per heavy atom. The van der Waals surface area contributed by atoms with Gasteiger partial charge >= 0.3 is 0 Å². The molecule has 0 aliphatic carbocycles. The molecule has 0 heterocycles. The van der Waals surface area contributed by atoms with Gasteiger partial charge in [-0.15, -0.1) is 0 Å². The van der Waals surface area contributed by atoms with Crippen LogP contribution in [0, 0.1) is 0 Å². The van der Waals surface area contributed by atoms with E-state index in [1.807, 2.05) is 13.0 Å². The molecule has 0 saturated carbocycles. The van der Waals surface area contributed by atoms with E-state index in [2.05, 4.69) is 15.9 Å². The minimum atomic E-state index is -0.0732. The Hall–Kier alpha value is -1.32. The maximum absolute atomic E-state index is 12.3. The molecular formula is C15H12BrClO2. The summed E-state index contributed by atoms with van der Waals surface area (Å²) < 4.78 is 6.16. The SMILES string of the molecule is CCOc1cccc(C(=O)c2ccc(Br)c(Cl)c2)c1. The average Bonchev–Trinajstić information content (AvgIpc) is 2.42. The number of hydrogen-bond donors (Lipinski definition) is 0. The summed E-state index contributed by atoms with van der Waals surface area (Å²) in [5, 5.41) is 0.520. The molecule has 2 aromatic carbocycles. The van der Waals surface area contributed by atoms with Gasteiger partial charge in [0.2, 0.25) is 0 Å². The van der Waals surface area contributed by atoms with Gasteiger partial charge in [0, 0.05) is 15.6 Å². The quantitative estimate of drug-likeness (QED) is 0.753. The van der Waals surface area contributed by atoms with Crippen LogP contribution >= 0.6 is 27.5 Å². The van der Waals surface area contributed by atoms with Crippen LogP contribution in [0.25, 0.3) is 0 Å². The molecular weight excluding hydrogens is 328 g/mol. The van der Waals surface area contributed by atoms with Gasteiger partial charge in [-0.3, -0.25) is 4.79 Å². The molecule has 0 fully saturated rings. The Balaban J connectivity index is 2.32. The predicted octanol–water partition coefficient (Wildman–Crippen LogP) is 4.73. The number of ketones is 1. The molecule has 4 heteroatoms. The highest BCUT2D eigenvalue weighted by Gasteiger charge is 2.11. The molecule has 2 nitrogen and oxygen atoms in total. The summed E-state index contributed by atoms with van der Waals surface area (Å²) in [5.74, 6) is 0.618. The van der Waals surface area contributed by atoms with Crippen molar-refractivity contribution in [2.24, 2.45) is 0 Å². The molecule has 0 saturated heterocycles. The third-order valence-electron chi connectivity index (χ3n) is 2.59. The Morgan fingerprint density at radius 2 is 1.95 bits per heavy atom. The van der Waals surface area contributed by atoms with Gasteiger partial charge in [0.05, 0.1) is 11.6 Å². The molecule has 0 spiro atoms. The first-order chi connectivity index (χ1) is 9.11. The predicted molar refractivity (Wildman–Crippen MR) is 80.2 cm³/mol. The van der Waals surface area contributed by atoms with Crippen molar-refractivity contribution in [2.75, 3.05) is 6.61 Å². The summed E-state index contributed by atoms with van der Waals surface area (Å²) in [4.78, 5) is 12.3. The summed E-state index contributed by atoms with van der Waals surface area (Å²) in [7, 11) is 0. The van der Waals surface area contributed by atoms with E-state index in [4.69, 9.17) is 16.3 Å². The van der Waals surface area contributed by atoms with Crippen LogP contribution in [0.3, 0.4) is 0 Å². The van der Waals surface area contributed by atoms with Gasteiger partial charge in [-0.25, -0.2) is 0 Å². The topological polar surface area (TPSA) is 26.3 Å². The van der Waals surface area contributed by atoms with Crippen molar-refractivity contribution in [3.63, 3.8) is 0 Å². The fraction of sp³-hybridized carbons (Fsp3) is 0.133. The van der Waals surface area contributed by atoms with Crippen molar-refractivity contribution in [1.82, 2.24) is 0 Å². The van der Waals surface area contributed by atoms with E-state index in [-0.39, 0.29) is 5.78 Å². The Labute approximate surface area is 125 Å². The summed E-state index contributed by atoms with van der Waals surface area (Å²) in [6.07, 6.45) is 0. The van der Waals surface area contributed by atoms with Gasteiger partial charge in [0.25, 0.3) is 0 Å². The van der Waals surface area contributed by atoms with Gasteiger partial charge in [-0.1, -0.05) is 23.7 Å². The minimum absolute atomic E-state index is 0.0732. The second kappa shape index (κ2) is 6.22. The zero-order valence-corrected chi connectivity index (χ0v) is 12.7. The maximum Gasteiger partial charge on any atom is 0.193 e. The monoisotopic (exact) mass is 338 g/mol. The molecule has 0 bridgehead atoms. The zero-order valence-electron chi connectivity index (χ0n) is 10.3. The van der Waals surface area contributed by atoms with E-state index in [0.717, 1.165) is 4.47 Å². The number of rotatable bonds is 4. The summed E-state index contributed by atoms with van der Waals surface area (Å²) in [5.41, 5.74) is 1.14. The number of hydrogen-bond acceptors (Lipinski definition) is 2. The number of carbonyl (C=O) groups is 1. The Morgan fingerprint density at radius 3 is 2.63 bits per heavy atom. The van der Waals surface area contributed by atoms with E-state index in [1.165, 1.54) is 0 Å². The minimum Gasteiger partial charge on any atom is -0.494 e. The van der Waals surface area contributed by atoms with E-state index in [1.54, 1.807) is 36.4 Å². The average molecular weight is 340 g/mol. The van der Waals surface area contributed by atoms with Gasteiger partial charge in [-0.2, -0.15) is 0 Å². The number of benzene rings is 2. The fourth-order valence-electron chi connectivity index (χ4n) is 1.70. The molecule has 0 atom stereocenters. The molecule has 0 aliphatic heterocycles. The third-order valence-corrected chi connectivity index (χ3v) is 3.82. The molecule has 0 radical (unpaired) electrons. The van der Waals surface area contributed by atoms with Gasteiger partial charge in [0.15, 0.2) is 5.78 Å². The molecule has 19 heavy (non-hydrogen) atoms. The standard InChI is InChI=1S/C15H12BrClO2/c1-2-19-12-5-3-4-10(8-12)15(18)11-6-7-13(16)14(17)9-11/h3-9H,2H2,1H3. The maximum atomic E-state index is 12.3. The third kappa shape index (κ3) is 3.37. The van der Waals surface area contributed by atoms with E-state index in [0.29, 0.717) is 28.5 Å². The second-order valence-electron chi connectivity index (χ2n) is 3.92. The zero-order chi connectivity index (χ0) is 13.8. The largest absolute Gasteiger partial charge is 0.494 e. The highest BCUT2D eigenvalue weighted by atomic mass is 79.9. The van der Waals surface area contributed by atoms with Crippen molar-refractivity contribution in [2.45, 2.75) is 6.92 Å². The Kier molecular flexibility index (Phi) is 4.61. The lowest BCUT2D eigenvalue weighted by molar-refractivity contribution is 0.103. The molecule has 0 aromatic heterocycles. The highest BCUT2D eigenvalue weighted by molar-refractivity contribution is 9.10. The number of halogens is 2. The summed E-state index contributed by atoms with van der Waals surface area (Å²) in [6.45, 7) is 2.48. The second-order valence-corrected chi connectivity index (χ2v) is 5.18. The fourth-order valence-corrected chi connectivity index (χ4v) is 2.12. The molecule has 2 rings (SSSR count). The molecule has 98 valence electrons. The van der Waals surface area contributed by atoms with Crippen LogP contribution in [-0.2, 0) is 0 Å². The Bertz CT molecular complexity index is 611. The van der Waals surface area contributed by atoms with Crippen molar-refractivity contribution in [3.05, 3.63) is 63.1 Å². The van der Waals surface area contributed by atoms with Crippen molar-refractivity contribution >= 4 is 33.3 Å². The van der Waals surface area contributed by atoms with Crippen molar-refractivity contribution in [3.8, 4) is 5.75 Å². The number of carbonyl (C=O) groups excluding carboxylic acids is 1. The molecule has 0 aliphatic rings. The lowest BCUT2D eigenvalue weighted by Crippen LogP contribution is -2.02. The van der Waals surface area contributed by atoms with Crippen LogP contribution in [-0.4, -0.2) is 12.4 Å². The first kappa shape index (κ1) is 14.1. The van der Waals surface area contributed by atoms with Gasteiger partial charge in [0.1, 0.15) is 5.75 Å². The first-order valence-corrected chi connectivity index (χ1v) is 7.01. The lowest BCUT2D eigenvalue weighted by atomic mass is 10.0. The smallest absolute Gasteiger partial charge is 0.193 e. The van der Waals surface area contributed by atoms with Crippen LogP contribution < -0.4 is 4.74 Å². The number of ether oxygens (including phenoxy) is 1. The molecule has 0 unspecified atom stereocenters. The van der Waals surface area contributed by atoms with Gasteiger partial charge < -0.3 is 4.74 Å². The van der Waals surface area contributed by atoms with Crippen LogP contribution in [0.4, 0.5) is 0 Å². The summed E-state index contributed by atoms with van der Waals surface area (Å²) >= 11 is 9.31. The normalized spacial score (nSPS) is 10.3. The van der Waals surface area contributed by atoms with Crippen LogP contribution in [0.15, 0.2) is 46.9 Å². The van der Waals surface area contributed by atoms with Crippen molar-refractivity contribution < 1.29 is 9.53 Å². The molecule has 0 N–H and O–H groups in total. The summed E-state index contributed by atoms with van der Waals surface area (Å²) in [6, 6.07) is 12.3. The highest BCUT2D eigenvalue weighted by Crippen LogP contribution is 2.25. The van der Waals surface area contributed by atoms with Crippen LogP contribution in [0.5, 0.6) is 5.75 Å². The van der Waals surface area contributed by atoms with E-state index >= 15 is 0 Å². The van der Waals surface area contributed by atoms with Crippen molar-refractivity contribution in [1.29, 1.82) is 0 Å². The van der Waals surface area contributed by atoms with E-state index < -0.39 is 0 Å². The van der Waals surface area contributed by atoms with Crippen LogP contribution in [0.1, 0.15) is 22.8 Å².